The Morgan fingerprint density at radius 1 is 1.03 bits per heavy atom. The van der Waals surface area contributed by atoms with Crippen LogP contribution >= 0.6 is 11.6 Å². The first-order valence-electron chi connectivity index (χ1n) is 9.34. The molecule has 154 valence electrons. The zero-order valence-corrected chi connectivity index (χ0v) is 17.8. The summed E-state index contributed by atoms with van der Waals surface area (Å²) in [7, 11) is -3.54. The van der Waals surface area contributed by atoms with Crippen molar-refractivity contribution in [3.8, 4) is 0 Å². The number of halogens is 1. The normalized spacial score (nSPS) is 16.5. The van der Waals surface area contributed by atoms with E-state index in [4.69, 9.17) is 16.0 Å². The van der Waals surface area contributed by atoms with Crippen LogP contribution in [0.25, 0.3) is 11.1 Å². The van der Waals surface area contributed by atoms with E-state index in [0.717, 1.165) is 11.1 Å². The molecule has 1 aromatic heterocycles. The molecule has 1 saturated heterocycles. The Hall–Kier alpha value is -2.13. The molecule has 0 amide bonds. The summed E-state index contributed by atoms with van der Waals surface area (Å²) < 4.78 is 34.5. The van der Waals surface area contributed by atoms with Crippen molar-refractivity contribution in [1.29, 1.82) is 0 Å². The Bertz CT molecular complexity index is 1220. The van der Waals surface area contributed by atoms with Crippen LogP contribution in [0.3, 0.4) is 0 Å². The molecule has 7 nitrogen and oxygen atoms in total. The Kier molecular flexibility index (Phi) is 5.29. The first kappa shape index (κ1) is 20.2. The Morgan fingerprint density at radius 3 is 2.48 bits per heavy atom. The number of hydrogen-bond donors (Lipinski definition) is 0. The topological polar surface area (TPSA) is 75.8 Å². The fourth-order valence-electron chi connectivity index (χ4n) is 3.61. The number of fused-ring (bicyclic) bond motifs is 1. The van der Waals surface area contributed by atoms with E-state index in [-0.39, 0.29) is 0 Å². The smallest absolute Gasteiger partial charge is 0.408 e. The van der Waals surface area contributed by atoms with Gasteiger partial charge in [-0.2, -0.15) is 4.31 Å². The maximum atomic E-state index is 13.1. The maximum absolute atomic E-state index is 13.1. The molecule has 3 aromatic rings. The molecule has 0 unspecified atom stereocenters. The van der Waals surface area contributed by atoms with Crippen molar-refractivity contribution in [3.63, 3.8) is 0 Å². The summed E-state index contributed by atoms with van der Waals surface area (Å²) in [5.74, 6) is -0.451. The summed E-state index contributed by atoms with van der Waals surface area (Å²) in [6.07, 6.45) is 0. The van der Waals surface area contributed by atoms with Crippen molar-refractivity contribution in [2.45, 2.75) is 25.4 Å². The molecular formula is C20H22ClN3O4S. The van der Waals surface area contributed by atoms with E-state index >= 15 is 0 Å². The summed E-state index contributed by atoms with van der Waals surface area (Å²) in [5, 5.41) is 0.503. The largest absolute Gasteiger partial charge is 0.421 e. The second kappa shape index (κ2) is 7.60. The highest BCUT2D eigenvalue weighted by Gasteiger charge is 2.30. The molecule has 1 aliphatic heterocycles. The van der Waals surface area contributed by atoms with Crippen LogP contribution in [-0.2, 0) is 16.7 Å². The van der Waals surface area contributed by atoms with Gasteiger partial charge in [0.05, 0.1) is 17.1 Å². The fraction of sp³-hybridized carbons (Fsp3) is 0.350. The Morgan fingerprint density at radius 2 is 1.76 bits per heavy atom. The number of rotatable bonds is 4. The number of aryl methyl sites for hydroxylation is 2. The first-order valence-corrected chi connectivity index (χ1v) is 11.2. The molecule has 0 atom stereocenters. The SMILES string of the molecule is Cc1ccc(C)c(S(=O)(=O)N2CCN(Cn3c(=O)oc4cc(Cl)ccc43)CC2)c1. The molecule has 0 spiro atoms. The molecule has 0 bridgehead atoms. The van der Waals surface area contributed by atoms with E-state index < -0.39 is 15.8 Å². The lowest BCUT2D eigenvalue weighted by atomic mass is 10.2. The maximum Gasteiger partial charge on any atom is 0.421 e. The molecule has 29 heavy (non-hydrogen) atoms. The molecule has 0 aliphatic carbocycles. The van der Waals surface area contributed by atoms with E-state index in [1.54, 1.807) is 28.8 Å². The lowest BCUT2D eigenvalue weighted by molar-refractivity contribution is 0.150. The Labute approximate surface area is 174 Å². The number of nitrogens with zero attached hydrogens (tertiary/aromatic N) is 3. The molecule has 0 saturated carbocycles. The van der Waals surface area contributed by atoms with Gasteiger partial charge in [0.25, 0.3) is 0 Å². The molecule has 0 radical (unpaired) electrons. The van der Waals surface area contributed by atoms with Crippen molar-refractivity contribution >= 4 is 32.7 Å². The number of hydrogen-bond acceptors (Lipinski definition) is 5. The van der Waals surface area contributed by atoms with Crippen LogP contribution in [-0.4, -0.2) is 48.4 Å². The van der Waals surface area contributed by atoms with Gasteiger partial charge in [0.15, 0.2) is 5.58 Å². The molecule has 2 heterocycles. The molecule has 9 heteroatoms. The molecule has 4 rings (SSSR count). The predicted molar refractivity (Wildman–Crippen MR) is 112 cm³/mol. The van der Waals surface area contributed by atoms with Crippen LogP contribution in [0.4, 0.5) is 0 Å². The van der Waals surface area contributed by atoms with Crippen LogP contribution in [0.1, 0.15) is 11.1 Å². The van der Waals surface area contributed by atoms with Crippen LogP contribution in [0.15, 0.2) is 50.5 Å². The van der Waals surface area contributed by atoms with Crippen LogP contribution in [0.2, 0.25) is 5.02 Å². The number of sulfonamides is 1. The minimum Gasteiger partial charge on any atom is -0.408 e. The summed E-state index contributed by atoms with van der Waals surface area (Å²) in [5.41, 5.74) is 2.77. The average Bonchev–Trinajstić information content (AvgIpc) is 2.98. The second-order valence-corrected chi connectivity index (χ2v) is 9.68. The second-order valence-electron chi connectivity index (χ2n) is 7.34. The van der Waals surface area contributed by atoms with Crippen molar-refractivity contribution < 1.29 is 12.8 Å². The quantitative estimate of drug-likeness (QED) is 0.629. The standard InChI is InChI=1S/C20H22ClN3O4S/c1-14-3-4-15(2)19(11-14)29(26,27)23-9-7-22(8-10-23)13-24-17-6-5-16(21)12-18(17)28-20(24)25/h3-6,11-12H,7-10,13H2,1-2H3. The highest BCUT2D eigenvalue weighted by Crippen LogP contribution is 2.23. The molecule has 0 N–H and O–H groups in total. The van der Waals surface area contributed by atoms with Gasteiger partial charge in [-0.25, -0.2) is 13.2 Å². The number of benzene rings is 2. The van der Waals surface area contributed by atoms with Gasteiger partial charge in [-0.1, -0.05) is 23.7 Å². The van der Waals surface area contributed by atoms with Crippen molar-refractivity contribution in [3.05, 3.63) is 63.1 Å². The summed E-state index contributed by atoms with van der Waals surface area (Å²) in [6.45, 7) is 5.82. The first-order chi connectivity index (χ1) is 13.8. The van der Waals surface area contributed by atoms with Crippen molar-refractivity contribution in [2.75, 3.05) is 26.2 Å². The van der Waals surface area contributed by atoms with Gasteiger partial charge in [-0.3, -0.25) is 9.47 Å². The third kappa shape index (κ3) is 3.85. The predicted octanol–water partition coefficient (Wildman–Crippen LogP) is 2.83. The van der Waals surface area contributed by atoms with Gasteiger partial charge in [0, 0.05) is 37.3 Å². The monoisotopic (exact) mass is 435 g/mol. The zero-order valence-electron chi connectivity index (χ0n) is 16.3. The zero-order chi connectivity index (χ0) is 20.8. The van der Waals surface area contributed by atoms with Gasteiger partial charge in [-0.15, -0.1) is 0 Å². The highest BCUT2D eigenvalue weighted by molar-refractivity contribution is 7.89. The summed E-state index contributed by atoms with van der Waals surface area (Å²) >= 11 is 5.96. The summed E-state index contributed by atoms with van der Waals surface area (Å²) in [6, 6.07) is 10.5. The molecule has 1 aliphatic rings. The van der Waals surface area contributed by atoms with E-state index in [0.29, 0.717) is 53.9 Å². The van der Waals surface area contributed by atoms with Gasteiger partial charge in [0.1, 0.15) is 0 Å². The van der Waals surface area contributed by atoms with Crippen LogP contribution in [0.5, 0.6) is 0 Å². The van der Waals surface area contributed by atoms with Gasteiger partial charge in [0.2, 0.25) is 10.0 Å². The third-order valence-corrected chi connectivity index (χ3v) is 7.54. The van der Waals surface area contributed by atoms with Gasteiger partial charge < -0.3 is 4.42 Å². The average molecular weight is 436 g/mol. The lowest BCUT2D eigenvalue weighted by Crippen LogP contribution is -2.49. The number of aromatic nitrogens is 1. The van der Waals surface area contributed by atoms with Gasteiger partial charge in [-0.05, 0) is 43.2 Å². The van der Waals surface area contributed by atoms with E-state index in [1.807, 2.05) is 30.9 Å². The molecule has 1 fully saturated rings. The van der Waals surface area contributed by atoms with E-state index in [1.165, 1.54) is 4.31 Å². The third-order valence-electron chi connectivity index (χ3n) is 5.26. The fourth-order valence-corrected chi connectivity index (χ4v) is 5.50. The van der Waals surface area contributed by atoms with E-state index in [2.05, 4.69) is 0 Å². The summed E-state index contributed by atoms with van der Waals surface area (Å²) in [4.78, 5) is 14.6. The van der Waals surface area contributed by atoms with Gasteiger partial charge >= 0.3 is 5.76 Å². The van der Waals surface area contributed by atoms with Crippen LogP contribution < -0.4 is 5.76 Å². The molecule has 2 aromatic carbocycles. The van der Waals surface area contributed by atoms with Crippen LogP contribution in [0, 0.1) is 13.8 Å². The number of piperazine rings is 1. The minimum absolute atomic E-state index is 0.338. The van der Waals surface area contributed by atoms with E-state index in [9.17, 15) is 13.2 Å². The lowest BCUT2D eigenvalue weighted by Gasteiger charge is -2.34. The Balaban J connectivity index is 1.50. The highest BCUT2D eigenvalue weighted by atomic mass is 35.5. The number of oxazole rings is 1. The minimum atomic E-state index is -3.54. The van der Waals surface area contributed by atoms with Crippen molar-refractivity contribution in [2.24, 2.45) is 0 Å². The molecular weight excluding hydrogens is 414 g/mol. The van der Waals surface area contributed by atoms with Crippen molar-refractivity contribution in [1.82, 2.24) is 13.8 Å².